The van der Waals surface area contributed by atoms with E-state index < -0.39 is 17.4 Å². The Morgan fingerprint density at radius 1 is 1.50 bits per heavy atom. The summed E-state index contributed by atoms with van der Waals surface area (Å²) in [6.07, 6.45) is 2.54. The van der Waals surface area contributed by atoms with E-state index in [0.29, 0.717) is 6.42 Å². The molecule has 0 saturated carbocycles. The van der Waals surface area contributed by atoms with Crippen molar-refractivity contribution in [3.8, 4) is 0 Å². The van der Waals surface area contributed by atoms with Crippen LogP contribution in [0.3, 0.4) is 0 Å². The number of nitrogens with two attached hydrogens (primary N) is 1. The first-order chi connectivity index (χ1) is 7.31. The van der Waals surface area contributed by atoms with Gasteiger partial charge in [0.1, 0.15) is 0 Å². The molecule has 0 radical (unpaired) electrons. The minimum atomic E-state index is -0.963. The highest BCUT2D eigenvalue weighted by molar-refractivity contribution is 7.98. The molecule has 0 spiro atoms. The molecule has 94 valence electrons. The van der Waals surface area contributed by atoms with Crippen molar-refractivity contribution in [2.24, 2.45) is 11.1 Å². The van der Waals surface area contributed by atoms with E-state index in [1.165, 1.54) is 0 Å². The van der Waals surface area contributed by atoms with Gasteiger partial charge < -0.3 is 16.2 Å². The van der Waals surface area contributed by atoms with Crippen molar-refractivity contribution < 1.29 is 14.7 Å². The molecule has 1 atom stereocenters. The number of hydrogen-bond acceptors (Lipinski definition) is 4. The topological polar surface area (TPSA) is 92.4 Å². The highest BCUT2D eigenvalue weighted by atomic mass is 32.2. The summed E-state index contributed by atoms with van der Waals surface area (Å²) in [6.45, 7) is 3.21. The monoisotopic (exact) mass is 248 g/mol. The molecule has 6 heteroatoms. The molecule has 0 aromatic rings. The molecular formula is C10H20N2O3S. The zero-order valence-corrected chi connectivity index (χ0v) is 10.8. The molecule has 0 aliphatic rings. The van der Waals surface area contributed by atoms with E-state index in [9.17, 15) is 9.59 Å². The third-order valence-electron chi connectivity index (χ3n) is 2.25. The molecule has 0 aliphatic carbocycles. The van der Waals surface area contributed by atoms with Crippen molar-refractivity contribution in [1.82, 2.24) is 5.32 Å². The summed E-state index contributed by atoms with van der Waals surface area (Å²) in [6, 6.07) is -0.558. The van der Waals surface area contributed by atoms with Crippen LogP contribution < -0.4 is 11.1 Å². The van der Waals surface area contributed by atoms with E-state index >= 15 is 0 Å². The highest BCUT2D eigenvalue weighted by Gasteiger charge is 2.28. The molecule has 5 nitrogen and oxygen atoms in total. The van der Waals surface area contributed by atoms with Gasteiger partial charge in [0.2, 0.25) is 5.91 Å². The Bertz CT molecular complexity index is 256. The van der Waals surface area contributed by atoms with Gasteiger partial charge >= 0.3 is 5.97 Å². The minimum Gasteiger partial charge on any atom is -0.481 e. The quantitative estimate of drug-likeness (QED) is 0.602. The van der Waals surface area contributed by atoms with Crippen LogP contribution in [0.5, 0.6) is 0 Å². The molecule has 0 aromatic carbocycles. The molecule has 0 saturated heterocycles. The first-order valence-electron chi connectivity index (χ1n) is 5.07. The minimum absolute atomic E-state index is 0.0914. The smallest absolute Gasteiger partial charge is 0.310 e. The largest absolute Gasteiger partial charge is 0.481 e. The maximum absolute atomic E-state index is 11.5. The number of nitrogens with one attached hydrogen (secondary N) is 1. The predicted octanol–water partition coefficient (Wildman–Crippen LogP) is 0.294. The Balaban J connectivity index is 4.02. The Morgan fingerprint density at radius 3 is 2.50 bits per heavy atom. The van der Waals surface area contributed by atoms with Crippen molar-refractivity contribution in [1.29, 1.82) is 0 Å². The van der Waals surface area contributed by atoms with E-state index in [4.69, 9.17) is 10.8 Å². The number of carbonyl (C=O) groups excluding carboxylic acids is 1. The van der Waals surface area contributed by atoms with E-state index in [0.717, 1.165) is 5.75 Å². The van der Waals surface area contributed by atoms with Gasteiger partial charge in [0.25, 0.3) is 0 Å². The van der Waals surface area contributed by atoms with Gasteiger partial charge in [0.15, 0.2) is 0 Å². The van der Waals surface area contributed by atoms with Crippen LogP contribution in [-0.2, 0) is 9.59 Å². The van der Waals surface area contributed by atoms with Crippen molar-refractivity contribution in [2.45, 2.75) is 26.3 Å². The first-order valence-corrected chi connectivity index (χ1v) is 6.46. The summed E-state index contributed by atoms with van der Waals surface area (Å²) in [5.74, 6) is -0.412. The molecule has 4 N–H and O–H groups in total. The van der Waals surface area contributed by atoms with E-state index in [1.54, 1.807) is 25.6 Å². The lowest BCUT2D eigenvalue weighted by molar-refractivity contribution is -0.146. The second kappa shape index (κ2) is 6.75. The fraction of sp³-hybridized carbons (Fsp3) is 0.800. The summed E-state index contributed by atoms with van der Waals surface area (Å²) in [7, 11) is 0. The van der Waals surface area contributed by atoms with Crippen LogP contribution in [0.1, 0.15) is 20.3 Å². The van der Waals surface area contributed by atoms with Gasteiger partial charge in [-0.25, -0.2) is 0 Å². The van der Waals surface area contributed by atoms with Crippen LogP contribution in [0.25, 0.3) is 0 Å². The van der Waals surface area contributed by atoms with Crippen LogP contribution in [0.15, 0.2) is 0 Å². The Morgan fingerprint density at radius 2 is 2.06 bits per heavy atom. The summed E-state index contributed by atoms with van der Waals surface area (Å²) in [5, 5.41) is 11.4. The van der Waals surface area contributed by atoms with E-state index in [2.05, 4.69) is 5.32 Å². The number of carboxylic acid groups (broad SMARTS) is 1. The SMILES string of the molecule is CSCC[C@H](N)C(=O)NCC(C)(C)C(=O)O. The lowest BCUT2D eigenvalue weighted by atomic mass is 9.94. The fourth-order valence-corrected chi connectivity index (χ4v) is 1.38. The van der Waals surface area contributed by atoms with Gasteiger partial charge in [0.05, 0.1) is 11.5 Å². The normalized spacial score (nSPS) is 13.2. The van der Waals surface area contributed by atoms with Gasteiger partial charge in [-0.05, 0) is 32.3 Å². The van der Waals surface area contributed by atoms with E-state index in [-0.39, 0.29) is 12.5 Å². The molecule has 0 fully saturated rings. The number of carbonyl (C=O) groups is 2. The molecule has 1 amide bonds. The molecule has 0 bridgehead atoms. The lowest BCUT2D eigenvalue weighted by Crippen LogP contribution is -2.46. The predicted molar refractivity (Wildman–Crippen MR) is 65.4 cm³/mol. The van der Waals surface area contributed by atoms with E-state index in [1.807, 2.05) is 6.26 Å². The van der Waals surface area contributed by atoms with Crippen LogP contribution in [0.2, 0.25) is 0 Å². The number of hydrogen-bond donors (Lipinski definition) is 3. The number of thioether (sulfide) groups is 1. The summed E-state index contributed by atoms with van der Waals surface area (Å²) in [5.41, 5.74) is 4.67. The number of rotatable bonds is 7. The number of amides is 1. The molecule has 0 heterocycles. The number of aliphatic carboxylic acids is 1. The molecule has 0 unspecified atom stereocenters. The van der Waals surface area contributed by atoms with Crippen molar-refractivity contribution in [3.05, 3.63) is 0 Å². The van der Waals surface area contributed by atoms with Crippen molar-refractivity contribution in [2.75, 3.05) is 18.6 Å². The van der Waals surface area contributed by atoms with Crippen LogP contribution >= 0.6 is 11.8 Å². The molecule has 0 aromatic heterocycles. The second-order valence-electron chi connectivity index (χ2n) is 4.29. The summed E-state index contributed by atoms with van der Waals surface area (Å²) >= 11 is 1.62. The Kier molecular flexibility index (Phi) is 6.43. The van der Waals surface area contributed by atoms with Crippen LogP contribution in [0, 0.1) is 5.41 Å². The van der Waals surface area contributed by atoms with Gasteiger partial charge in [-0.15, -0.1) is 0 Å². The third kappa shape index (κ3) is 5.37. The Hall–Kier alpha value is -0.750. The molecular weight excluding hydrogens is 228 g/mol. The van der Waals surface area contributed by atoms with Crippen LogP contribution in [0.4, 0.5) is 0 Å². The standard InChI is InChI=1S/C10H20N2O3S/c1-10(2,9(14)15)6-12-8(13)7(11)4-5-16-3/h7H,4-6,11H2,1-3H3,(H,12,13)(H,14,15)/t7-/m0/s1. The first kappa shape index (κ1) is 15.2. The third-order valence-corrected chi connectivity index (χ3v) is 2.90. The molecule has 16 heavy (non-hydrogen) atoms. The maximum Gasteiger partial charge on any atom is 0.310 e. The second-order valence-corrected chi connectivity index (χ2v) is 5.28. The average Bonchev–Trinajstić information content (AvgIpc) is 2.22. The zero-order valence-electron chi connectivity index (χ0n) is 9.95. The van der Waals surface area contributed by atoms with Gasteiger partial charge in [-0.3, -0.25) is 9.59 Å². The van der Waals surface area contributed by atoms with Gasteiger partial charge in [-0.1, -0.05) is 0 Å². The summed E-state index contributed by atoms with van der Waals surface area (Å²) in [4.78, 5) is 22.3. The fourth-order valence-electron chi connectivity index (χ4n) is 0.891. The molecule has 0 rings (SSSR count). The zero-order chi connectivity index (χ0) is 12.8. The van der Waals surface area contributed by atoms with Crippen molar-refractivity contribution >= 4 is 23.6 Å². The maximum atomic E-state index is 11.5. The highest BCUT2D eigenvalue weighted by Crippen LogP contribution is 2.13. The molecule has 0 aliphatic heterocycles. The number of carboxylic acids is 1. The summed E-state index contributed by atoms with van der Waals surface area (Å²) < 4.78 is 0. The van der Waals surface area contributed by atoms with Crippen LogP contribution in [-0.4, -0.2) is 41.6 Å². The Labute approximate surface area is 100 Å². The van der Waals surface area contributed by atoms with Gasteiger partial charge in [-0.2, -0.15) is 11.8 Å². The lowest BCUT2D eigenvalue weighted by Gasteiger charge is -2.20. The van der Waals surface area contributed by atoms with Crippen molar-refractivity contribution in [3.63, 3.8) is 0 Å². The van der Waals surface area contributed by atoms with Gasteiger partial charge in [0, 0.05) is 6.54 Å². The average molecular weight is 248 g/mol.